The van der Waals surface area contributed by atoms with Gasteiger partial charge in [-0.05, 0) is 44.9 Å². The van der Waals surface area contributed by atoms with E-state index in [-0.39, 0.29) is 5.41 Å². The maximum atomic E-state index is 10.3. The van der Waals surface area contributed by atoms with E-state index in [1.165, 1.54) is 0 Å². The van der Waals surface area contributed by atoms with Crippen LogP contribution in [0.25, 0.3) is 0 Å². The summed E-state index contributed by atoms with van der Waals surface area (Å²) in [6.07, 6.45) is 4.14. The minimum atomic E-state index is -1.62. The second-order valence-corrected chi connectivity index (χ2v) is 6.12. The molecular weight excluding hydrogens is 202 g/mol. The molecule has 0 aromatic rings. The van der Waals surface area contributed by atoms with Gasteiger partial charge < -0.3 is 10.2 Å². The topological polar surface area (TPSA) is 43.7 Å². The SMILES string of the molecule is C=C1C[C@@]2(C(C)(O)O)N(CCC23CC3)C1C. The Morgan fingerprint density at radius 1 is 1.38 bits per heavy atom. The van der Waals surface area contributed by atoms with Crippen molar-refractivity contribution in [2.75, 3.05) is 6.54 Å². The van der Waals surface area contributed by atoms with Crippen molar-refractivity contribution in [2.24, 2.45) is 5.41 Å². The van der Waals surface area contributed by atoms with Gasteiger partial charge in [-0.25, -0.2) is 0 Å². The van der Waals surface area contributed by atoms with Crippen LogP contribution < -0.4 is 0 Å². The smallest absolute Gasteiger partial charge is 0.179 e. The third-order valence-corrected chi connectivity index (χ3v) is 5.38. The largest absolute Gasteiger partial charge is 0.364 e. The molecule has 2 aliphatic heterocycles. The van der Waals surface area contributed by atoms with Gasteiger partial charge in [0.1, 0.15) is 0 Å². The maximum Gasteiger partial charge on any atom is 0.179 e. The molecule has 0 radical (unpaired) electrons. The lowest BCUT2D eigenvalue weighted by molar-refractivity contribution is -0.239. The van der Waals surface area contributed by atoms with Gasteiger partial charge in [-0.15, -0.1) is 0 Å². The minimum Gasteiger partial charge on any atom is -0.364 e. The van der Waals surface area contributed by atoms with Crippen LogP contribution in [0.3, 0.4) is 0 Å². The Bertz CT molecular complexity index is 353. The normalized spacial score (nSPS) is 41.8. The molecule has 3 fully saturated rings. The molecule has 90 valence electrons. The highest BCUT2D eigenvalue weighted by molar-refractivity contribution is 5.33. The fraction of sp³-hybridized carbons (Fsp3) is 0.846. The summed E-state index contributed by atoms with van der Waals surface area (Å²) in [7, 11) is 0. The molecule has 0 aromatic carbocycles. The molecule has 3 aliphatic rings. The fourth-order valence-electron chi connectivity index (χ4n) is 4.30. The monoisotopic (exact) mass is 223 g/mol. The molecule has 2 atom stereocenters. The molecule has 0 aromatic heterocycles. The Kier molecular flexibility index (Phi) is 1.82. The summed E-state index contributed by atoms with van der Waals surface area (Å²) in [4.78, 5) is 2.29. The Hall–Kier alpha value is -0.380. The summed E-state index contributed by atoms with van der Waals surface area (Å²) >= 11 is 0. The summed E-state index contributed by atoms with van der Waals surface area (Å²) in [5.41, 5.74) is 0.843. The van der Waals surface area contributed by atoms with Crippen molar-refractivity contribution < 1.29 is 10.2 Å². The van der Waals surface area contributed by atoms with E-state index < -0.39 is 11.3 Å². The Morgan fingerprint density at radius 3 is 2.50 bits per heavy atom. The Morgan fingerprint density at radius 2 is 2.00 bits per heavy atom. The molecular formula is C13H21NO2. The number of rotatable bonds is 1. The summed E-state index contributed by atoms with van der Waals surface area (Å²) in [5, 5.41) is 20.5. The van der Waals surface area contributed by atoms with Crippen LogP contribution in [0.1, 0.15) is 39.5 Å². The number of hydrogen-bond acceptors (Lipinski definition) is 3. The van der Waals surface area contributed by atoms with Crippen LogP contribution in [0, 0.1) is 5.41 Å². The molecule has 1 unspecified atom stereocenters. The van der Waals surface area contributed by atoms with E-state index in [1.807, 2.05) is 0 Å². The van der Waals surface area contributed by atoms with Gasteiger partial charge in [-0.2, -0.15) is 0 Å². The van der Waals surface area contributed by atoms with Gasteiger partial charge >= 0.3 is 0 Å². The van der Waals surface area contributed by atoms with E-state index >= 15 is 0 Å². The average Bonchev–Trinajstić information content (AvgIpc) is 2.80. The molecule has 2 saturated heterocycles. The molecule has 16 heavy (non-hydrogen) atoms. The first-order valence-electron chi connectivity index (χ1n) is 6.23. The average molecular weight is 223 g/mol. The van der Waals surface area contributed by atoms with Gasteiger partial charge in [0.05, 0.1) is 5.54 Å². The molecule has 1 aliphatic carbocycles. The van der Waals surface area contributed by atoms with Crippen LogP contribution in [0.5, 0.6) is 0 Å². The van der Waals surface area contributed by atoms with Crippen LogP contribution in [0.2, 0.25) is 0 Å². The number of nitrogens with zero attached hydrogens (tertiary/aromatic N) is 1. The van der Waals surface area contributed by atoms with E-state index in [4.69, 9.17) is 0 Å². The molecule has 3 heteroatoms. The quantitative estimate of drug-likeness (QED) is 0.519. The zero-order valence-electron chi connectivity index (χ0n) is 10.2. The van der Waals surface area contributed by atoms with Crippen LogP contribution >= 0.6 is 0 Å². The van der Waals surface area contributed by atoms with Crippen molar-refractivity contribution >= 4 is 0 Å². The van der Waals surface area contributed by atoms with Gasteiger partial charge in [0.2, 0.25) is 0 Å². The standard InChI is InChI=1S/C13H21NO2/c1-9-8-13(11(3,15)16)12(4-5-12)6-7-14(13)10(9)2/h10,15-16H,1,4-8H2,2-3H3/t10?,13-/m0/s1. The van der Waals surface area contributed by atoms with Crippen LogP contribution in [-0.2, 0) is 0 Å². The van der Waals surface area contributed by atoms with E-state index in [0.717, 1.165) is 37.8 Å². The Labute approximate surface area is 96.8 Å². The van der Waals surface area contributed by atoms with Gasteiger partial charge in [0.25, 0.3) is 0 Å². The predicted molar refractivity (Wildman–Crippen MR) is 61.8 cm³/mol. The van der Waals surface area contributed by atoms with Crippen LogP contribution in [0.15, 0.2) is 12.2 Å². The minimum absolute atomic E-state index is 0.152. The zero-order chi connectivity index (χ0) is 11.8. The highest BCUT2D eigenvalue weighted by Crippen LogP contribution is 2.69. The number of aliphatic hydroxyl groups is 2. The molecule has 1 saturated carbocycles. The lowest BCUT2D eigenvalue weighted by Crippen LogP contribution is -2.62. The zero-order valence-corrected chi connectivity index (χ0v) is 10.2. The lowest BCUT2D eigenvalue weighted by atomic mass is 9.73. The first kappa shape index (κ1) is 10.8. The Balaban J connectivity index is 2.12. The number of fused-ring (bicyclic) bond motifs is 2. The fourth-order valence-corrected chi connectivity index (χ4v) is 4.30. The predicted octanol–water partition coefficient (Wildman–Crippen LogP) is 1.26. The van der Waals surface area contributed by atoms with Crippen molar-refractivity contribution in [3.05, 3.63) is 12.2 Å². The van der Waals surface area contributed by atoms with Crippen LogP contribution in [-0.4, -0.2) is 39.0 Å². The third kappa shape index (κ3) is 0.957. The summed E-state index contributed by atoms with van der Waals surface area (Å²) < 4.78 is 0. The molecule has 2 N–H and O–H groups in total. The molecule has 0 bridgehead atoms. The number of hydrogen-bond donors (Lipinski definition) is 2. The second-order valence-electron chi connectivity index (χ2n) is 6.12. The summed E-state index contributed by atoms with van der Waals surface area (Å²) in [5.74, 6) is -1.62. The van der Waals surface area contributed by atoms with Crippen molar-refractivity contribution in [3.8, 4) is 0 Å². The van der Waals surface area contributed by atoms with Crippen molar-refractivity contribution in [1.29, 1.82) is 0 Å². The maximum absolute atomic E-state index is 10.3. The molecule has 2 heterocycles. The second kappa shape index (κ2) is 2.71. The van der Waals surface area contributed by atoms with E-state index in [1.54, 1.807) is 6.92 Å². The lowest BCUT2D eigenvalue weighted by Gasteiger charge is -2.46. The first-order chi connectivity index (χ1) is 7.34. The van der Waals surface area contributed by atoms with Gasteiger partial charge in [-0.1, -0.05) is 12.2 Å². The van der Waals surface area contributed by atoms with E-state index in [2.05, 4.69) is 18.4 Å². The van der Waals surface area contributed by atoms with Crippen molar-refractivity contribution in [2.45, 2.75) is 56.9 Å². The van der Waals surface area contributed by atoms with Gasteiger partial charge in [0.15, 0.2) is 5.79 Å². The third-order valence-electron chi connectivity index (χ3n) is 5.38. The molecule has 3 nitrogen and oxygen atoms in total. The molecule has 1 spiro atoms. The van der Waals surface area contributed by atoms with Gasteiger partial charge in [-0.3, -0.25) is 4.90 Å². The first-order valence-corrected chi connectivity index (χ1v) is 6.23. The molecule has 3 rings (SSSR count). The van der Waals surface area contributed by atoms with E-state index in [9.17, 15) is 10.2 Å². The summed E-state index contributed by atoms with van der Waals surface area (Å²) in [6, 6.07) is 0.290. The summed E-state index contributed by atoms with van der Waals surface area (Å²) in [6.45, 7) is 8.78. The van der Waals surface area contributed by atoms with E-state index in [0.29, 0.717) is 6.04 Å². The van der Waals surface area contributed by atoms with Crippen molar-refractivity contribution in [3.63, 3.8) is 0 Å². The molecule has 0 amide bonds. The van der Waals surface area contributed by atoms with Crippen molar-refractivity contribution in [1.82, 2.24) is 4.90 Å². The van der Waals surface area contributed by atoms with Crippen LogP contribution in [0.4, 0.5) is 0 Å². The van der Waals surface area contributed by atoms with Gasteiger partial charge in [0, 0.05) is 12.6 Å². The highest BCUT2D eigenvalue weighted by atomic mass is 16.5. The highest BCUT2D eigenvalue weighted by Gasteiger charge is 2.74.